The Bertz CT molecular complexity index is 9.65. The maximum atomic E-state index is 0. The summed E-state index contributed by atoms with van der Waals surface area (Å²) in [5, 5.41) is 0. The molecule has 42 valence electrons. The van der Waals surface area contributed by atoms with Gasteiger partial charge in [0.1, 0.15) is 0 Å². The molecule has 0 aliphatic carbocycles. The monoisotopic (exact) mass is 264 g/mol. The Balaban J connectivity index is 0. The van der Waals surface area contributed by atoms with Crippen LogP contribution in [0.3, 0.4) is 0 Å². The molecule has 0 nitrogen and oxygen atoms in total. The molecule has 0 saturated heterocycles. The van der Waals surface area contributed by atoms with E-state index in [1.165, 1.54) is 0 Å². The molecule has 0 atom stereocenters. The van der Waals surface area contributed by atoms with Gasteiger partial charge in [-0.15, -0.1) is 49.6 Å². The summed E-state index contributed by atoms with van der Waals surface area (Å²) < 4.78 is 0. The molecular weight excluding hydrogens is 262 g/mol. The van der Waals surface area contributed by atoms with Crippen LogP contribution in [0.1, 0.15) is 0 Å². The minimum atomic E-state index is 0. The van der Waals surface area contributed by atoms with E-state index in [0.29, 0.717) is 0 Å². The van der Waals surface area contributed by atoms with E-state index in [1.807, 2.05) is 0 Å². The van der Waals surface area contributed by atoms with Crippen LogP contribution < -0.4 is 37.7 Å². The Kier molecular flexibility index (Phi) is 814. The molecule has 0 aromatic heterocycles. The van der Waals surface area contributed by atoms with E-state index >= 15 is 0 Å². The van der Waals surface area contributed by atoms with Crippen LogP contribution in [0.2, 0.25) is 0 Å². The zero-order chi connectivity index (χ0) is 0. The van der Waals surface area contributed by atoms with Gasteiger partial charge in [0.2, 0.25) is 0 Å². The zero-order valence-corrected chi connectivity index (χ0v) is 8.77. The Morgan fingerprint density at radius 2 is 0.429 bits per heavy atom. The molecule has 0 aliphatic rings. The second kappa shape index (κ2) is 63.7. The smallest absolute Gasteiger partial charge is 0.147 e. The van der Waals surface area contributed by atoms with Crippen LogP contribution in [0.5, 0.6) is 0 Å². The van der Waals surface area contributed by atoms with Crippen molar-refractivity contribution in [1.82, 2.24) is 0 Å². The largest absolute Gasteiger partial charge is 1.00 e. The van der Waals surface area contributed by atoms with Crippen molar-refractivity contribution in [3.05, 3.63) is 0 Å². The van der Waals surface area contributed by atoms with Gasteiger partial charge in [-0.05, 0) is 0 Å². The summed E-state index contributed by atoms with van der Waals surface area (Å²) in [6, 6.07) is 0. The van der Waals surface area contributed by atoms with Gasteiger partial charge in [-0.1, -0.05) is 0 Å². The van der Waals surface area contributed by atoms with Crippen LogP contribution >= 0.6 is 49.6 Å². The van der Waals surface area contributed by atoms with E-state index in [2.05, 4.69) is 0 Å². The first kappa shape index (κ1) is 89.5. The predicted molar refractivity (Wildman–Crippen MR) is 29.0 cm³/mol. The van der Waals surface area contributed by atoms with Gasteiger partial charge in [-0.25, -0.2) is 0 Å². The fraction of sp³-hybridized carbons (Fsp3) is 0. The number of hydrogen-bond acceptors (Lipinski definition) is 0. The van der Waals surface area contributed by atoms with Crippen molar-refractivity contribution in [2.24, 2.45) is 0 Å². The van der Waals surface area contributed by atoms with Crippen LogP contribution in [-0.2, 0) is 20.4 Å². The van der Waals surface area contributed by atoms with E-state index in [0.717, 1.165) is 0 Å². The molecule has 0 radical (unpaired) electrons. The molecule has 0 fully saturated rings. The Morgan fingerprint density at radius 3 is 0.429 bits per heavy atom. The third-order valence-corrected chi connectivity index (χ3v) is 0. The van der Waals surface area contributed by atoms with E-state index < -0.39 is 0 Å². The molecule has 0 heterocycles. The van der Waals surface area contributed by atoms with E-state index in [9.17, 15) is 0 Å². The number of rotatable bonds is 0. The van der Waals surface area contributed by atoms with Gasteiger partial charge in [0.25, 0.3) is 0 Å². The van der Waals surface area contributed by atoms with Crippen molar-refractivity contribution in [3.8, 4) is 0 Å². The van der Waals surface area contributed by atoms with E-state index in [4.69, 9.17) is 0 Å². The minimum Gasteiger partial charge on any atom is -0.147 e. The molecular formula is H4Cl4Li2Pd+2. The summed E-state index contributed by atoms with van der Waals surface area (Å²) >= 11 is 0. The van der Waals surface area contributed by atoms with Gasteiger partial charge >= 0.3 is 37.7 Å². The third kappa shape index (κ3) is 48.8. The number of hydrogen-bond donors (Lipinski definition) is 0. The molecule has 0 amide bonds. The van der Waals surface area contributed by atoms with Gasteiger partial charge in [-0.3, -0.25) is 0 Å². The van der Waals surface area contributed by atoms with Crippen molar-refractivity contribution in [3.63, 3.8) is 0 Å². The number of halogens is 4. The molecule has 0 N–H and O–H groups in total. The van der Waals surface area contributed by atoms with Gasteiger partial charge in [-0.2, -0.15) is 0 Å². The zero-order valence-electron chi connectivity index (χ0n) is 3.95. The average molecular weight is 266 g/mol. The molecule has 7 heavy (non-hydrogen) atoms. The summed E-state index contributed by atoms with van der Waals surface area (Å²) in [5.41, 5.74) is 0. The second-order valence-electron chi connectivity index (χ2n) is 0. The van der Waals surface area contributed by atoms with Crippen LogP contribution in [0.15, 0.2) is 0 Å². The fourth-order valence-corrected chi connectivity index (χ4v) is 0. The second-order valence-corrected chi connectivity index (χ2v) is 0. The van der Waals surface area contributed by atoms with E-state index in [-0.39, 0.29) is 108 Å². The van der Waals surface area contributed by atoms with Crippen molar-refractivity contribution in [1.29, 1.82) is 0 Å². The minimum absolute atomic E-state index is 0. The Morgan fingerprint density at radius 1 is 0.429 bits per heavy atom. The molecule has 0 unspecified atom stereocenters. The third-order valence-electron chi connectivity index (χ3n) is 0. The Hall–Kier alpha value is 3.02. The van der Waals surface area contributed by atoms with Crippen molar-refractivity contribution < 1.29 is 58.1 Å². The first-order valence-corrected chi connectivity index (χ1v) is 0. The van der Waals surface area contributed by atoms with Crippen molar-refractivity contribution in [2.75, 3.05) is 0 Å². The SMILES string of the molecule is Cl.Cl.Cl.Cl.[Li+].[Li+].[Pd]. The molecule has 0 bridgehead atoms. The Labute approximate surface area is 106 Å². The summed E-state index contributed by atoms with van der Waals surface area (Å²) in [5.74, 6) is 0. The van der Waals surface area contributed by atoms with Crippen LogP contribution in [-0.4, -0.2) is 0 Å². The van der Waals surface area contributed by atoms with Crippen LogP contribution in [0.4, 0.5) is 0 Å². The van der Waals surface area contributed by atoms with Crippen molar-refractivity contribution in [2.45, 2.75) is 0 Å². The van der Waals surface area contributed by atoms with Crippen molar-refractivity contribution >= 4 is 49.6 Å². The summed E-state index contributed by atoms with van der Waals surface area (Å²) in [6.07, 6.45) is 0. The van der Waals surface area contributed by atoms with Gasteiger partial charge < -0.3 is 0 Å². The maximum absolute atomic E-state index is 0. The van der Waals surface area contributed by atoms with E-state index in [1.54, 1.807) is 0 Å². The fourth-order valence-electron chi connectivity index (χ4n) is 0. The summed E-state index contributed by atoms with van der Waals surface area (Å²) in [7, 11) is 0. The normalized spacial score (nSPS) is 0. The molecule has 0 rings (SSSR count). The van der Waals surface area contributed by atoms with Gasteiger partial charge in [0.15, 0.2) is 0 Å². The molecule has 0 aromatic rings. The topological polar surface area (TPSA) is 0 Å². The van der Waals surface area contributed by atoms with Gasteiger partial charge in [0, 0.05) is 20.4 Å². The first-order chi connectivity index (χ1) is 0. The average Bonchev–Trinajstić information content (AvgIpc) is 0. The molecule has 7 heteroatoms. The summed E-state index contributed by atoms with van der Waals surface area (Å²) in [6.45, 7) is 0. The molecule has 0 saturated carbocycles. The van der Waals surface area contributed by atoms with Crippen LogP contribution in [0, 0.1) is 0 Å². The maximum Gasteiger partial charge on any atom is 1.00 e. The van der Waals surface area contributed by atoms with Crippen LogP contribution in [0.25, 0.3) is 0 Å². The molecule has 0 aromatic carbocycles. The molecule has 0 aliphatic heterocycles. The summed E-state index contributed by atoms with van der Waals surface area (Å²) in [4.78, 5) is 0. The molecule has 0 spiro atoms. The first-order valence-electron chi connectivity index (χ1n) is 0. The predicted octanol–water partition coefficient (Wildman–Crippen LogP) is -4.31. The van der Waals surface area contributed by atoms with Gasteiger partial charge in [0.05, 0.1) is 0 Å². The quantitative estimate of drug-likeness (QED) is 0.389. The standard InChI is InChI=1S/4ClH.2Li.Pd/h4*1H;;;/q;;;;2*+1;.